The highest BCUT2D eigenvalue weighted by molar-refractivity contribution is 5.77. The molecular formula is C83H156N2O21. The average Bonchev–Trinajstić information content (AvgIpc) is 0.754. The number of carbonyl (C=O) groups excluding carboxylic acids is 2. The van der Waals surface area contributed by atoms with Gasteiger partial charge in [0, 0.05) is 19.8 Å². The van der Waals surface area contributed by atoms with Gasteiger partial charge in [-0.05, 0) is 38.5 Å². The summed E-state index contributed by atoms with van der Waals surface area (Å²) in [7, 11) is 0. The molecule has 3 heterocycles. The molecule has 23 heteroatoms. The second-order valence-electron chi connectivity index (χ2n) is 31.4. The molecule has 0 spiro atoms. The minimum absolute atomic E-state index is 0.226. The van der Waals surface area contributed by atoms with Crippen LogP contribution in [0.1, 0.15) is 361 Å². The lowest BCUT2D eigenvalue weighted by Crippen LogP contribution is -2.70. The molecule has 0 aromatic carbocycles. The van der Waals surface area contributed by atoms with Gasteiger partial charge in [-0.2, -0.15) is 0 Å². The van der Waals surface area contributed by atoms with Crippen molar-refractivity contribution in [1.29, 1.82) is 0 Å². The number of aliphatic hydroxyl groups is 11. The Kier molecular flexibility index (Phi) is 57.1. The number of hydrogen-bond acceptors (Lipinski definition) is 20. The number of carboxylic acids is 1. The Hall–Kier alpha value is -2.53. The molecule has 624 valence electrons. The minimum atomic E-state index is -3.08. The SMILES string of the molecule is CCCCCCCCCCCCCC/C=C\CCCCCCCCCCCCCCCC(=O)NC(COC1OC(CO)C(OC2OC(CO)C(O)C(OC3(C(=O)O)CC(O)C(NC(C)=O)C(C(O)C(O)CO)O3)C2O)C(O)C1O)C(O)CCCCCCCCCCCCCCCCCCCCCCCCC. The second-order valence-corrected chi connectivity index (χ2v) is 31.4. The summed E-state index contributed by atoms with van der Waals surface area (Å²) in [6, 6.07) is -2.53. The third kappa shape index (κ3) is 41.3. The standard InChI is InChI=1S/C83H156N2O21/c1-4-6-8-10-12-14-16-18-20-22-24-26-28-29-30-31-32-33-35-37-39-41-43-45-47-49-51-53-55-57-70(93)85-64(65(90)56-54-52-50-48-46-44-42-40-38-36-34-27-25-23-21-19-17-15-13-11-9-7-5-2)62-101-80-75(97)74(96)77(69(61-88)103-80)104-81-76(98)79(73(95)68(60-87)102-81)106-83(82(99)100)58-66(91)71(84-63(3)89)78(105-83)72(94)67(92)59-86/h29-30,64-69,71-81,86-88,90-92,94-98H,4-28,31-62H2,1-3H3,(H,84,89)(H,85,93)(H,99,100)/b30-29-. The molecule has 0 bridgehead atoms. The zero-order valence-electron chi connectivity index (χ0n) is 66.3. The van der Waals surface area contributed by atoms with Gasteiger partial charge >= 0.3 is 5.97 Å². The molecule has 18 atom stereocenters. The number of unbranched alkanes of at least 4 members (excludes halogenated alkanes) is 47. The van der Waals surface area contributed by atoms with Gasteiger partial charge < -0.3 is 100 Å². The number of allylic oxidation sites excluding steroid dienone is 2. The van der Waals surface area contributed by atoms with Gasteiger partial charge in [-0.1, -0.05) is 315 Å². The number of nitrogens with one attached hydrogen (secondary N) is 2. The van der Waals surface area contributed by atoms with Crippen LogP contribution >= 0.6 is 0 Å². The van der Waals surface area contributed by atoms with Gasteiger partial charge in [0.05, 0.1) is 50.7 Å². The van der Waals surface area contributed by atoms with Gasteiger partial charge in [0.1, 0.15) is 67.1 Å². The van der Waals surface area contributed by atoms with Gasteiger partial charge in [-0.3, -0.25) is 9.59 Å². The third-order valence-corrected chi connectivity index (χ3v) is 22.0. The lowest BCUT2D eigenvalue weighted by molar-refractivity contribution is -0.386. The van der Waals surface area contributed by atoms with E-state index < -0.39 is 148 Å². The molecule has 0 aliphatic carbocycles. The fourth-order valence-electron chi connectivity index (χ4n) is 15.2. The summed E-state index contributed by atoms with van der Waals surface area (Å²) in [5, 5.41) is 137. The lowest BCUT2D eigenvalue weighted by Gasteiger charge is -2.50. The summed E-state index contributed by atoms with van der Waals surface area (Å²) in [6.45, 7) is 2.28. The first-order chi connectivity index (χ1) is 51.4. The topological polar surface area (TPSA) is 373 Å². The second kappa shape index (κ2) is 62.0. The average molecular weight is 1520 g/mol. The number of rotatable bonds is 69. The monoisotopic (exact) mass is 1520 g/mol. The summed E-state index contributed by atoms with van der Waals surface area (Å²) in [4.78, 5) is 38.8. The van der Waals surface area contributed by atoms with Gasteiger partial charge in [0.25, 0.3) is 5.79 Å². The van der Waals surface area contributed by atoms with Crippen LogP contribution in [0, 0.1) is 0 Å². The smallest absolute Gasteiger partial charge is 0.364 e. The predicted molar refractivity (Wildman–Crippen MR) is 412 cm³/mol. The highest BCUT2D eigenvalue weighted by atomic mass is 16.8. The van der Waals surface area contributed by atoms with E-state index >= 15 is 0 Å². The highest BCUT2D eigenvalue weighted by Crippen LogP contribution is 2.39. The van der Waals surface area contributed by atoms with Crippen molar-refractivity contribution < 1.29 is 104 Å². The molecule has 23 nitrogen and oxygen atoms in total. The van der Waals surface area contributed by atoms with E-state index in [0.29, 0.717) is 19.3 Å². The molecule has 3 aliphatic heterocycles. The van der Waals surface area contributed by atoms with Gasteiger partial charge in [-0.15, -0.1) is 0 Å². The summed E-state index contributed by atoms with van der Waals surface area (Å²) < 4.78 is 35.0. The number of ether oxygens (including phenoxy) is 6. The first kappa shape index (κ1) is 97.7. The van der Waals surface area contributed by atoms with Crippen LogP contribution in [0.2, 0.25) is 0 Å². The van der Waals surface area contributed by atoms with Crippen molar-refractivity contribution in [2.75, 3.05) is 26.4 Å². The van der Waals surface area contributed by atoms with Crippen LogP contribution < -0.4 is 10.6 Å². The number of aliphatic hydroxyl groups excluding tert-OH is 11. The highest BCUT2D eigenvalue weighted by Gasteiger charge is 2.60. The van der Waals surface area contributed by atoms with Crippen molar-refractivity contribution in [2.24, 2.45) is 0 Å². The Morgan fingerprint density at radius 3 is 1.27 bits per heavy atom. The molecule has 3 fully saturated rings. The van der Waals surface area contributed by atoms with Crippen LogP contribution in [0.5, 0.6) is 0 Å². The minimum Gasteiger partial charge on any atom is -0.477 e. The van der Waals surface area contributed by atoms with E-state index in [1.165, 1.54) is 257 Å². The van der Waals surface area contributed by atoms with Crippen molar-refractivity contribution in [1.82, 2.24) is 10.6 Å². The number of carbonyl (C=O) groups is 3. The first-order valence-electron chi connectivity index (χ1n) is 43.0. The van der Waals surface area contributed by atoms with Crippen molar-refractivity contribution in [2.45, 2.75) is 471 Å². The van der Waals surface area contributed by atoms with Gasteiger partial charge in [-0.25, -0.2) is 4.79 Å². The number of aliphatic carboxylic acids is 1. The van der Waals surface area contributed by atoms with Crippen molar-refractivity contribution in [3.8, 4) is 0 Å². The van der Waals surface area contributed by atoms with Crippen LogP contribution in [0.3, 0.4) is 0 Å². The summed E-state index contributed by atoms with van der Waals surface area (Å²) in [5.74, 6) is -6.09. The largest absolute Gasteiger partial charge is 0.477 e. The molecule has 0 aromatic heterocycles. The molecular weight excluding hydrogens is 1360 g/mol. The van der Waals surface area contributed by atoms with Crippen LogP contribution in [0.4, 0.5) is 0 Å². The predicted octanol–water partition coefficient (Wildman–Crippen LogP) is 12.5. The molecule has 3 rings (SSSR count). The summed E-state index contributed by atoms with van der Waals surface area (Å²) >= 11 is 0. The summed E-state index contributed by atoms with van der Waals surface area (Å²) in [5.41, 5.74) is 0. The molecule has 0 radical (unpaired) electrons. The quantitative estimate of drug-likeness (QED) is 0.0199. The van der Waals surface area contributed by atoms with E-state index in [2.05, 4.69) is 36.6 Å². The van der Waals surface area contributed by atoms with Crippen LogP contribution in [-0.4, -0.2) is 215 Å². The third-order valence-electron chi connectivity index (χ3n) is 22.0. The van der Waals surface area contributed by atoms with Gasteiger partial charge in [0.15, 0.2) is 12.6 Å². The maximum Gasteiger partial charge on any atom is 0.364 e. The molecule has 2 amide bonds. The fourth-order valence-corrected chi connectivity index (χ4v) is 15.2. The molecule has 0 saturated carbocycles. The van der Waals surface area contributed by atoms with Crippen LogP contribution in [0.15, 0.2) is 12.2 Å². The van der Waals surface area contributed by atoms with Gasteiger partial charge in [0.2, 0.25) is 11.8 Å². The Labute approximate surface area is 639 Å². The van der Waals surface area contributed by atoms with Crippen molar-refractivity contribution in [3.63, 3.8) is 0 Å². The van der Waals surface area contributed by atoms with E-state index in [0.717, 1.165) is 58.3 Å². The fraction of sp³-hybridized carbons (Fsp3) is 0.940. The number of hydrogen-bond donors (Lipinski definition) is 14. The van der Waals surface area contributed by atoms with E-state index in [9.17, 15) is 75.7 Å². The summed E-state index contributed by atoms with van der Waals surface area (Å²) in [6.07, 6.45) is 39.2. The molecule has 18 unspecified atom stereocenters. The molecule has 3 saturated heterocycles. The maximum absolute atomic E-state index is 13.6. The Morgan fingerprint density at radius 2 is 0.877 bits per heavy atom. The zero-order chi connectivity index (χ0) is 77.4. The molecule has 0 aromatic rings. The van der Waals surface area contributed by atoms with Crippen molar-refractivity contribution in [3.05, 3.63) is 12.2 Å². The van der Waals surface area contributed by atoms with E-state index in [1.54, 1.807) is 0 Å². The van der Waals surface area contributed by atoms with Crippen LogP contribution in [-0.2, 0) is 42.8 Å². The number of carboxylic acid groups (broad SMARTS) is 1. The molecule has 106 heavy (non-hydrogen) atoms. The van der Waals surface area contributed by atoms with E-state index in [1.807, 2.05) is 0 Å². The lowest BCUT2D eigenvalue weighted by atomic mass is 9.88. The van der Waals surface area contributed by atoms with E-state index in [4.69, 9.17) is 28.4 Å². The Morgan fingerprint density at radius 1 is 0.481 bits per heavy atom. The Balaban J connectivity index is 1.48. The normalized spacial score (nSPS) is 26.1. The first-order valence-corrected chi connectivity index (χ1v) is 43.0. The van der Waals surface area contributed by atoms with Crippen LogP contribution in [0.25, 0.3) is 0 Å². The van der Waals surface area contributed by atoms with Crippen molar-refractivity contribution >= 4 is 17.8 Å². The maximum atomic E-state index is 13.6. The number of amides is 2. The Bertz CT molecular complexity index is 2150. The van der Waals surface area contributed by atoms with E-state index in [-0.39, 0.29) is 18.9 Å². The molecule has 3 aliphatic rings. The zero-order valence-corrected chi connectivity index (χ0v) is 66.3. The molecule has 14 N–H and O–H groups in total.